The molecule has 0 radical (unpaired) electrons. The molecule has 2 N–H and O–H groups in total. The van der Waals surface area contributed by atoms with E-state index in [-0.39, 0.29) is 5.91 Å². The number of rotatable bonds is 5. The van der Waals surface area contributed by atoms with Gasteiger partial charge < -0.3 is 20.1 Å². The summed E-state index contributed by atoms with van der Waals surface area (Å²) in [5.41, 5.74) is 4.38. The quantitative estimate of drug-likeness (QED) is 0.391. The summed E-state index contributed by atoms with van der Waals surface area (Å²) in [5, 5.41) is 6.92. The Kier molecular flexibility index (Phi) is 5.63. The Balaban J connectivity index is 1.71. The number of nitrogens with zero attached hydrogens (tertiary/aromatic N) is 2. The van der Waals surface area contributed by atoms with E-state index in [1.807, 2.05) is 54.0 Å². The molecule has 2 heterocycles. The van der Waals surface area contributed by atoms with E-state index in [9.17, 15) is 4.79 Å². The van der Waals surface area contributed by atoms with Gasteiger partial charge in [-0.2, -0.15) is 0 Å². The smallest absolute Gasteiger partial charge is 0.255 e. The lowest BCUT2D eigenvalue weighted by Gasteiger charge is -2.31. The van der Waals surface area contributed by atoms with Crippen LogP contribution in [0.5, 0.6) is 11.5 Å². The van der Waals surface area contributed by atoms with E-state index < -0.39 is 6.04 Å². The molecular formula is C26H23ClN4O3. The average molecular weight is 475 g/mol. The second-order valence-electron chi connectivity index (χ2n) is 7.90. The summed E-state index contributed by atoms with van der Waals surface area (Å²) in [6.07, 6.45) is 0. The highest BCUT2D eigenvalue weighted by atomic mass is 35.5. The molecule has 0 unspecified atom stereocenters. The van der Waals surface area contributed by atoms with Gasteiger partial charge in [0.15, 0.2) is 11.5 Å². The van der Waals surface area contributed by atoms with Gasteiger partial charge in [0, 0.05) is 22.0 Å². The number of benzene rings is 3. The zero-order chi connectivity index (χ0) is 23.8. The fourth-order valence-corrected chi connectivity index (χ4v) is 4.54. The Morgan fingerprint density at radius 1 is 1.03 bits per heavy atom. The van der Waals surface area contributed by atoms with Gasteiger partial charge in [-0.05, 0) is 49.4 Å². The number of nitrogens with one attached hydrogen (secondary N) is 2. The van der Waals surface area contributed by atoms with Crippen LogP contribution in [0.3, 0.4) is 0 Å². The van der Waals surface area contributed by atoms with Crippen molar-refractivity contribution in [2.24, 2.45) is 0 Å². The van der Waals surface area contributed by atoms with E-state index in [1.54, 1.807) is 38.5 Å². The molecular weight excluding hydrogens is 452 g/mol. The third kappa shape index (κ3) is 3.64. The van der Waals surface area contributed by atoms with Crippen LogP contribution in [0.2, 0.25) is 5.02 Å². The molecule has 1 aliphatic rings. The van der Waals surface area contributed by atoms with Crippen LogP contribution in [0.4, 0.5) is 11.6 Å². The summed E-state index contributed by atoms with van der Waals surface area (Å²) in [7, 11) is 3.19. The van der Waals surface area contributed by atoms with Gasteiger partial charge in [0.25, 0.3) is 5.91 Å². The van der Waals surface area contributed by atoms with E-state index in [0.717, 1.165) is 16.6 Å². The Morgan fingerprint density at radius 3 is 2.53 bits per heavy atom. The molecule has 172 valence electrons. The Morgan fingerprint density at radius 2 is 1.79 bits per heavy atom. The first-order chi connectivity index (χ1) is 16.5. The van der Waals surface area contributed by atoms with Gasteiger partial charge in [0.05, 0.1) is 36.9 Å². The molecule has 3 aromatic carbocycles. The molecule has 4 aromatic rings. The summed E-state index contributed by atoms with van der Waals surface area (Å²) in [6.45, 7) is 1.87. The molecule has 0 saturated heterocycles. The lowest BCUT2D eigenvalue weighted by Crippen LogP contribution is -2.31. The first kappa shape index (κ1) is 21.9. The molecule has 1 aliphatic heterocycles. The van der Waals surface area contributed by atoms with Crippen molar-refractivity contribution in [3.63, 3.8) is 0 Å². The van der Waals surface area contributed by atoms with Gasteiger partial charge in [0.2, 0.25) is 5.95 Å². The summed E-state index contributed by atoms with van der Waals surface area (Å²) in [5.74, 6) is 1.55. The van der Waals surface area contributed by atoms with E-state index >= 15 is 0 Å². The molecule has 0 bridgehead atoms. The second-order valence-corrected chi connectivity index (χ2v) is 8.34. The maximum absolute atomic E-state index is 13.7. The number of anilines is 2. The molecule has 7 nitrogen and oxygen atoms in total. The molecule has 0 spiro atoms. The standard InChI is InChI=1S/C26H23ClN4O3/c1-15-22(25(32)29-17-13-11-16(27)12-14-17)23(18-7-6-10-21(33-2)24(18)34-3)31-20-9-5-4-8-19(20)30-26(31)28-15/h4-14,23H,1-3H3,(H,28,30)(H,29,32)/t23-/m1/s1. The van der Waals surface area contributed by atoms with E-state index in [4.69, 9.17) is 26.1 Å². The predicted molar refractivity (Wildman–Crippen MR) is 134 cm³/mol. The summed E-state index contributed by atoms with van der Waals surface area (Å²) in [4.78, 5) is 18.5. The summed E-state index contributed by atoms with van der Waals surface area (Å²) < 4.78 is 13.4. The number of amides is 1. The monoisotopic (exact) mass is 474 g/mol. The molecule has 1 amide bonds. The number of hydrogen-bond acceptors (Lipinski definition) is 5. The molecule has 8 heteroatoms. The Bertz CT molecular complexity index is 1430. The van der Waals surface area contributed by atoms with Crippen LogP contribution in [0.1, 0.15) is 18.5 Å². The highest BCUT2D eigenvalue weighted by molar-refractivity contribution is 6.30. The van der Waals surface area contributed by atoms with E-state index in [1.165, 1.54) is 0 Å². The van der Waals surface area contributed by atoms with Crippen LogP contribution in [-0.2, 0) is 4.79 Å². The number of para-hydroxylation sites is 3. The summed E-state index contributed by atoms with van der Waals surface area (Å²) in [6, 6.07) is 20.0. The van der Waals surface area contributed by atoms with E-state index in [2.05, 4.69) is 10.6 Å². The number of methoxy groups -OCH3 is 2. The van der Waals surface area contributed by atoms with E-state index in [0.29, 0.717) is 39.4 Å². The normalized spacial score (nSPS) is 15.0. The molecule has 5 rings (SSSR count). The maximum atomic E-state index is 13.7. The lowest BCUT2D eigenvalue weighted by atomic mass is 9.93. The topological polar surface area (TPSA) is 77.4 Å². The second kappa shape index (κ2) is 8.76. The highest BCUT2D eigenvalue weighted by Gasteiger charge is 2.36. The molecule has 1 atom stereocenters. The number of carbonyl (C=O) groups excluding carboxylic acids is 1. The van der Waals surface area contributed by atoms with Gasteiger partial charge in [-0.1, -0.05) is 35.9 Å². The zero-order valence-corrected chi connectivity index (χ0v) is 19.7. The minimum atomic E-state index is -0.513. The number of fused-ring (bicyclic) bond motifs is 3. The zero-order valence-electron chi connectivity index (χ0n) is 18.9. The predicted octanol–water partition coefficient (Wildman–Crippen LogP) is 5.63. The SMILES string of the molecule is COc1cccc([C@@H]2C(C(=O)Nc3ccc(Cl)cc3)=C(C)Nc3nc4ccccc4n32)c1OC. The first-order valence-electron chi connectivity index (χ1n) is 10.7. The van der Waals surface area contributed by atoms with Crippen LogP contribution in [0.15, 0.2) is 78.0 Å². The van der Waals surface area contributed by atoms with Gasteiger partial charge in [0.1, 0.15) is 0 Å². The number of allylic oxidation sites excluding steroid dienone is 1. The molecule has 1 aromatic heterocycles. The van der Waals surface area contributed by atoms with Crippen LogP contribution >= 0.6 is 11.6 Å². The lowest BCUT2D eigenvalue weighted by molar-refractivity contribution is -0.113. The third-order valence-electron chi connectivity index (χ3n) is 5.91. The number of imidazole rings is 1. The van der Waals surface area contributed by atoms with Crippen molar-refractivity contribution in [3.8, 4) is 11.5 Å². The number of hydrogen-bond donors (Lipinski definition) is 2. The first-order valence-corrected chi connectivity index (χ1v) is 11.1. The van der Waals surface area contributed by atoms with Crippen LogP contribution in [0, 0.1) is 0 Å². The van der Waals surface area contributed by atoms with Gasteiger partial charge >= 0.3 is 0 Å². The number of halogens is 1. The van der Waals surface area contributed by atoms with Crippen molar-refractivity contribution >= 4 is 40.2 Å². The van der Waals surface area contributed by atoms with Crippen LogP contribution in [0.25, 0.3) is 11.0 Å². The summed E-state index contributed by atoms with van der Waals surface area (Å²) >= 11 is 6.02. The minimum absolute atomic E-state index is 0.245. The Hall–Kier alpha value is -3.97. The third-order valence-corrected chi connectivity index (χ3v) is 6.16. The van der Waals surface area contributed by atoms with Gasteiger partial charge in [-0.25, -0.2) is 4.98 Å². The molecule has 34 heavy (non-hydrogen) atoms. The maximum Gasteiger partial charge on any atom is 0.255 e. The molecule has 0 fully saturated rings. The number of aromatic nitrogens is 2. The fourth-order valence-electron chi connectivity index (χ4n) is 4.41. The average Bonchev–Trinajstić information content (AvgIpc) is 3.21. The molecule has 0 aliphatic carbocycles. The van der Waals surface area contributed by atoms with Crippen molar-refractivity contribution in [2.45, 2.75) is 13.0 Å². The fraction of sp³-hybridized carbons (Fsp3) is 0.154. The van der Waals surface area contributed by atoms with Crippen molar-refractivity contribution < 1.29 is 14.3 Å². The number of ether oxygens (including phenoxy) is 2. The van der Waals surface area contributed by atoms with Crippen molar-refractivity contribution in [3.05, 3.63) is 88.6 Å². The highest BCUT2D eigenvalue weighted by Crippen LogP contribution is 2.45. The largest absolute Gasteiger partial charge is 0.493 e. The number of carbonyl (C=O) groups is 1. The van der Waals surface area contributed by atoms with Crippen molar-refractivity contribution in [1.82, 2.24) is 9.55 Å². The molecule has 0 saturated carbocycles. The van der Waals surface area contributed by atoms with Crippen LogP contribution < -0.4 is 20.1 Å². The van der Waals surface area contributed by atoms with Gasteiger partial charge in [-0.3, -0.25) is 9.36 Å². The van der Waals surface area contributed by atoms with Crippen LogP contribution in [-0.4, -0.2) is 29.7 Å². The minimum Gasteiger partial charge on any atom is -0.493 e. The van der Waals surface area contributed by atoms with Crippen molar-refractivity contribution in [1.29, 1.82) is 0 Å². The van der Waals surface area contributed by atoms with Gasteiger partial charge in [-0.15, -0.1) is 0 Å². The Labute approximate surface area is 202 Å². The van der Waals surface area contributed by atoms with Crippen molar-refractivity contribution in [2.75, 3.05) is 24.9 Å².